The zero-order valence-electron chi connectivity index (χ0n) is 34.6. The van der Waals surface area contributed by atoms with Gasteiger partial charge in [0.05, 0.1) is 32.9 Å². The van der Waals surface area contributed by atoms with Crippen molar-refractivity contribution in [3.05, 3.63) is 123 Å². The lowest BCUT2D eigenvalue weighted by atomic mass is 9.85. The summed E-state index contributed by atoms with van der Waals surface area (Å²) in [5.74, 6) is -2.18. The summed E-state index contributed by atoms with van der Waals surface area (Å²) in [6.45, 7) is 8.15. The first-order chi connectivity index (χ1) is 28.9. The smallest absolute Gasteiger partial charge is 0.266 e. The maximum absolute atomic E-state index is 14.3. The predicted octanol–water partition coefficient (Wildman–Crippen LogP) is 7.79. The van der Waals surface area contributed by atoms with Gasteiger partial charge >= 0.3 is 0 Å². The van der Waals surface area contributed by atoms with Crippen LogP contribution in [0.2, 0.25) is 0 Å². The fourth-order valence-corrected chi connectivity index (χ4v) is 9.16. The molecule has 0 saturated carbocycles. The molecule has 8 rings (SSSR count). The van der Waals surface area contributed by atoms with Gasteiger partial charge in [-0.25, -0.2) is 9.47 Å². The Labute approximate surface area is 345 Å². The zero-order chi connectivity index (χ0) is 42.6. The summed E-state index contributed by atoms with van der Waals surface area (Å²) in [6.07, 6.45) is 11.9. The first-order valence-corrected chi connectivity index (χ1v) is 21.3. The van der Waals surface area contributed by atoms with Crippen LogP contribution in [0.15, 0.2) is 67.7 Å². The molecule has 4 aromatic carbocycles. The van der Waals surface area contributed by atoms with E-state index in [1.807, 2.05) is 0 Å². The minimum atomic E-state index is -0.656. The maximum atomic E-state index is 14.3. The van der Waals surface area contributed by atoms with Gasteiger partial charge in [0, 0.05) is 46.1 Å². The van der Waals surface area contributed by atoms with E-state index in [0.717, 1.165) is 73.7 Å². The molecule has 0 bridgehead atoms. The summed E-state index contributed by atoms with van der Waals surface area (Å²) < 4.78 is 2.19. The van der Waals surface area contributed by atoms with Crippen LogP contribution in [0.25, 0.3) is 38.0 Å². The second-order valence-electron chi connectivity index (χ2n) is 16.4. The van der Waals surface area contributed by atoms with Crippen molar-refractivity contribution < 1.29 is 19.2 Å². The third kappa shape index (κ3) is 6.44. The van der Waals surface area contributed by atoms with E-state index < -0.39 is 45.9 Å². The van der Waals surface area contributed by atoms with Gasteiger partial charge in [0.1, 0.15) is 0 Å². The minimum Gasteiger partial charge on any atom is -0.274 e. The molecule has 0 saturated heterocycles. The van der Waals surface area contributed by atoms with Crippen molar-refractivity contribution in [3.63, 3.8) is 0 Å². The summed E-state index contributed by atoms with van der Waals surface area (Å²) in [4.78, 5) is 113. The van der Waals surface area contributed by atoms with Gasteiger partial charge in [-0.15, -0.1) is 0 Å². The molecule has 0 unspecified atom stereocenters. The van der Waals surface area contributed by atoms with Gasteiger partial charge < -0.3 is 0 Å². The second-order valence-corrected chi connectivity index (χ2v) is 16.4. The lowest BCUT2D eigenvalue weighted by Gasteiger charge is -2.32. The van der Waals surface area contributed by atoms with Crippen molar-refractivity contribution in [2.24, 2.45) is 0 Å². The average molecular weight is 809 g/mol. The van der Waals surface area contributed by atoms with E-state index in [1.54, 1.807) is 38.1 Å². The van der Waals surface area contributed by atoms with Gasteiger partial charge in [-0.3, -0.25) is 47.8 Å². The van der Waals surface area contributed by atoms with Crippen molar-refractivity contribution in [1.29, 1.82) is 0 Å². The number of rotatable bonds is 16. The number of nitrogens with zero attached hydrogens (tertiary/aromatic N) is 4. The topological polar surface area (TPSA) is 153 Å². The largest absolute Gasteiger partial charge is 0.274 e. The molecule has 2 aliphatic rings. The maximum Gasteiger partial charge on any atom is 0.266 e. The molecule has 0 aliphatic carbocycles. The normalized spacial score (nSPS) is 13.9. The molecule has 0 N–H and O–H groups in total. The van der Waals surface area contributed by atoms with Crippen molar-refractivity contribution >= 4 is 61.6 Å². The highest BCUT2D eigenvalue weighted by molar-refractivity contribution is 6.39. The summed E-state index contributed by atoms with van der Waals surface area (Å²) in [5, 5.41) is 0.791. The van der Waals surface area contributed by atoms with E-state index >= 15 is 0 Å². The van der Waals surface area contributed by atoms with E-state index in [4.69, 9.17) is 0 Å². The number of hydrogen-bond acceptors (Lipinski definition) is 8. The number of hydrogen-bond donors (Lipinski definition) is 0. The SMILES string of the molecule is CCCCCCCCN1C(=O)c2ccc3c4c(ccc(c24)C1=O)C(=O)N(c1cc(C)c(-n2c(=O)c4cc5c(=O)n(CCCCCCCC)c(=O)c5cc4c2=O)cc1C)C3=O. The molecule has 2 aliphatic heterocycles. The highest BCUT2D eigenvalue weighted by Gasteiger charge is 2.40. The Kier molecular flexibility index (Phi) is 10.8. The van der Waals surface area contributed by atoms with Crippen molar-refractivity contribution in [1.82, 2.24) is 14.0 Å². The Balaban J connectivity index is 1.10. The van der Waals surface area contributed by atoms with Gasteiger partial charge in [0.15, 0.2) is 0 Å². The molecular formula is C48H48N4O8. The van der Waals surface area contributed by atoms with Gasteiger partial charge in [-0.1, -0.05) is 78.1 Å². The van der Waals surface area contributed by atoms with Crippen LogP contribution in [0, 0.1) is 13.8 Å². The first kappa shape index (κ1) is 40.5. The molecule has 0 atom stereocenters. The van der Waals surface area contributed by atoms with Crippen LogP contribution >= 0.6 is 0 Å². The molecule has 0 fully saturated rings. The highest BCUT2D eigenvalue weighted by atomic mass is 16.2. The summed E-state index contributed by atoms with van der Waals surface area (Å²) in [7, 11) is 0. The van der Waals surface area contributed by atoms with Crippen molar-refractivity contribution in [2.45, 2.75) is 111 Å². The van der Waals surface area contributed by atoms with E-state index in [0.29, 0.717) is 29.4 Å². The van der Waals surface area contributed by atoms with Crippen LogP contribution in [-0.4, -0.2) is 44.2 Å². The molecule has 4 heterocycles. The third-order valence-electron chi connectivity index (χ3n) is 12.4. The van der Waals surface area contributed by atoms with Crippen LogP contribution in [0.1, 0.15) is 143 Å². The van der Waals surface area contributed by atoms with Gasteiger partial charge in [0.25, 0.3) is 45.9 Å². The molecule has 12 heteroatoms. The standard InChI is InChI=1S/C48H48N4O8/c1-5-7-9-11-13-15-21-49-41(53)29-17-19-31-40-32(20-18-30(39(29)40)42(49)54)46(58)51(45(31)57)37-23-28(4)38(24-27(37)3)52-47(59)35-25-33-34(26-36(35)48(52)60)44(56)50(43(33)55)22-16-14-12-10-8-6-2/h17-20,23-26H,5-16,21-22H2,1-4H3. The van der Waals surface area contributed by atoms with Crippen LogP contribution in [-0.2, 0) is 6.54 Å². The molecule has 0 spiro atoms. The lowest BCUT2D eigenvalue weighted by molar-refractivity contribution is 0.0606. The molecule has 0 radical (unpaired) electrons. The van der Waals surface area contributed by atoms with Crippen LogP contribution < -0.4 is 27.1 Å². The fraction of sp³-hybridized carbons (Fsp3) is 0.375. The van der Waals surface area contributed by atoms with Crippen LogP contribution in [0.4, 0.5) is 5.69 Å². The molecule has 308 valence electrons. The number of carbonyl (C=O) groups excluding carboxylic acids is 4. The van der Waals surface area contributed by atoms with Crippen molar-refractivity contribution in [3.8, 4) is 5.69 Å². The van der Waals surface area contributed by atoms with E-state index in [9.17, 15) is 38.4 Å². The van der Waals surface area contributed by atoms with E-state index in [-0.39, 0.29) is 73.6 Å². The molecule has 6 aromatic rings. The Hall–Kier alpha value is -6.30. The number of amides is 4. The van der Waals surface area contributed by atoms with Gasteiger partial charge in [-0.2, -0.15) is 0 Å². The molecular weight excluding hydrogens is 761 g/mol. The highest BCUT2D eigenvalue weighted by Crippen LogP contribution is 2.40. The van der Waals surface area contributed by atoms with Crippen molar-refractivity contribution in [2.75, 3.05) is 11.4 Å². The number of carbonyl (C=O) groups is 4. The zero-order valence-corrected chi connectivity index (χ0v) is 34.6. The quantitative estimate of drug-likeness (QED) is 0.0710. The average Bonchev–Trinajstić information content (AvgIpc) is 3.62. The van der Waals surface area contributed by atoms with E-state index in [1.165, 1.54) is 33.7 Å². The number of anilines is 1. The molecule has 12 nitrogen and oxygen atoms in total. The first-order valence-electron chi connectivity index (χ1n) is 21.3. The molecule has 4 amide bonds. The Bertz CT molecular complexity index is 2870. The minimum absolute atomic E-state index is 0.0166. The third-order valence-corrected chi connectivity index (χ3v) is 12.4. The Morgan fingerprint density at radius 2 is 0.800 bits per heavy atom. The number of benzene rings is 4. The number of unbranched alkanes of at least 4 members (excludes halogenated alkanes) is 10. The lowest BCUT2D eigenvalue weighted by Crippen LogP contribution is -2.43. The summed E-state index contributed by atoms with van der Waals surface area (Å²) >= 11 is 0. The fourth-order valence-electron chi connectivity index (χ4n) is 9.16. The second kappa shape index (κ2) is 16.0. The molecule has 60 heavy (non-hydrogen) atoms. The monoisotopic (exact) mass is 808 g/mol. The summed E-state index contributed by atoms with van der Waals surface area (Å²) in [6, 6.07) is 12.0. The molecule has 2 aromatic heterocycles. The Morgan fingerprint density at radius 3 is 1.28 bits per heavy atom. The number of aromatic nitrogens is 2. The van der Waals surface area contributed by atoms with Crippen LogP contribution in [0.3, 0.4) is 0 Å². The predicted molar refractivity (Wildman–Crippen MR) is 233 cm³/mol. The van der Waals surface area contributed by atoms with Gasteiger partial charge in [0.2, 0.25) is 0 Å². The van der Waals surface area contributed by atoms with E-state index in [2.05, 4.69) is 13.8 Å². The number of imide groups is 2. The van der Waals surface area contributed by atoms with Gasteiger partial charge in [-0.05, 0) is 86.3 Å². The summed E-state index contributed by atoms with van der Waals surface area (Å²) in [5.41, 5.74) is -0.122. The number of fused-ring (bicyclic) bond motifs is 2. The Morgan fingerprint density at radius 1 is 0.417 bits per heavy atom. The van der Waals surface area contributed by atoms with Crippen LogP contribution in [0.5, 0.6) is 0 Å². The number of aryl methyl sites for hydroxylation is 2.